The first kappa shape index (κ1) is 25.0. The second-order valence-corrected chi connectivity index (χ2v) is 7.25. The average molecular weight is 449 g/mol. The molecule has 0 aliphatic heterocycles. The van der Waals surface area contributed by atoms with Gasteiger partial charge < -0.3 is 24.5 Å². The molecule has 0 amide bonds. The second-order valence-electron chi connectivity index (χ2n) is 7.25. The number of terminal acetylenes is 1. The molecule has 0 aliphatic rings. The van der Waals surface area contributed by atoms with Crippen molar-refractivity contribution in [2.45, 2.75) is 64.2 Å². The van der Waals surface area contributed by atoms with Crippen LogP contribution in [0.25, 0.3) is 11.2 Å². The highest BCUT2D eigenvalue weighted by molar-refractivity contribution is 5.81. The Morgan fingerprint density at radius 3 is 2.72 bits per heavy atom. The lowest BCUT2D eigenvalue weighted by molar-refractivity contribution is -0.174. The number of esters is 2. The predicted molar refractivity (Wildman–Crippen MR) is 114 cm³/mol. The lowest BCUT2D eigenvalue weighted by Gasteiger charge is -2.34. The van der Waals surface area contributed by atoms with E-state index < -0.39 is 29.7 Å². The summed E-state index contributed by atoms with van der Waals surface area (Å²) in [5, 5.41) is 0. The molecule has 174 valence electrons. The van der Waals surface area contributed by atoms with Crippen LogP contribution in [0.2, 0.25) is 0 Å². The zero-order chi connectivity index (χ0) is 23.7. The quantitative estimate of drug-likeness (QED) is 0.224. The number of nitrogens with two attached hydrogens (primary N) is 1. The van der Waals surface area contributed by atoms with E-state index in [2.05, 4.69) is 27.8 Å². The van der Waals surface area contributed by atoms with Crippen molar-refractivity contribution in [3.05, 3.63) is 12.4 Å². The van der Waals surface area contributed by atoms with E-state index in [-0.39, 0.29) is 36.6 Å². The molecule has 0 saturated heterocycles. The second kappa shape index (κ2) is 11.4. The largest absolute Gasteiger partial charge is 0.462 e. The van der Waals surface area contributed by atoms with Gasteiger partial charge in [0.1, 0.15) is 12.1 Å². The van der Waals surface area contributed by atoms with Gasteiger partial charge in [-0.2, -0.15) is 14.4 Å². The Kier molecular flexibility index (Phi) is 8.90. The van der Waals surface area contributed by atoms with E-state index in [9.17, 15) is 14.0 Å². The van der Waals surface area contributed by atoms with Crippen LogP contribution < -0.4 is 5.73 Å². The van der Waals surface area contributed by atoms with Crippen LogP contribution in [0.5, 0.6) is 0 Å². The number of hydrogen-bond donors (Lipinski definition) is 1. The highest BCUT2D eigenvalue weighted by atomic mass is 19.1. The summed E-state index contributed by atoms with van der Waals surface area (Å²) in [5.41, 5.74) is 4.39. The number of ether oxygens (including phenoxy) is 3. The van der Waals surface area contributed by atoms with Crippen LogP contribution in [-0.2, 0) is 30.3 Å². The number of unbranched alkanes of at least 4 members (excludes halogenated alkanes) is 3. The number of fused-ring (bicyclic) bond motifs is 1. The van der Waals surface area contributed by atoms with Gasteiger partial charge in [0.2, 0.25) is 5.60 Å². The van der Waals surface area contributed by atoms with Gasteiger partial charge in [-0.05, 0) is 6.42 Å². The topological polar surface area (TPSA) is 131 Å². The first-order chi connectivity index (χ1) is 15.3. The van der Waals surface area contributed by atoms with E-state index in [0.29, 0.717) is 6.42 Å². The zero-order valence-corrected chi connectivity index (χ0v) is 18.5. The smallest absolute Gasteiger partial charge is 0.312 e. The molecule has 2 atom stereocenters. The summed E-state index contributed by atoms with van der Waals surface area (Å²) in [6.07, 6.45) is 8.69. The van der Waals surface area contributed by atoms with Crippen molar-refractivity contribution in [3.63, 3.8) is 0 Å². The molecule has 10 nitrogen and oxygen atoms in total. The van der Waals surface area contributed by atoms with Gasteiger partial charge in [-0.15, -0.1) is 6.42 Å². The summed E-state index contributed by atoms with van der Waals surface area (Å²) < 4.78 is 31.4. The molecule has 2 rings (SSSR count). The van der Waals surface area contributed by atoms with Gasteiger partial charge in [-0.1, -0.05) is 32.1 Å². The third-order valence-corrected chi connectivity index (χ3v) is 4.95. The third kappa shape index (κ3) is 6.13. The van der Waals surface area contributed by atoms with Crippen molar-refractivity contribution in [1.29, 1.82) is 0 Å². The van der Waals surface area contributed by atoms with E-state index in [4.69, 9.17) is 26.4 Å². The Bertz CT molecular complexity index is 989. The van der Waals surface area contributed by atoms with Crippen LogP contribution in [0.3, 0.4) is 0 Å². The van der Waals surface area contributed by atoms with Crippen LogP contribution in [-0.4, -0.2) is 56.9 Å². The Morgan fingerprint density at radius 2 is 2.09 bits per heavy atom. The number of imidazole rings is 1. The summed E-state index contributed by atoms with van der Waals surface area (Å²) in [5.74, 6) is 1.24. The highest BCUT2D eigenvalue weighted by Gasteiger charge is 2.42. The summed E-state index contributed by atoms with van der Waals surface area (Å²) in [7, 11) is 1.32. The number of methoxy groups -OCH3 is 1. The van der Waals surface area contributed by atoms with E-state index in [1.54, 1.807) is 0 Å². The standard InChI is InChI=1S/C21H28FN5O5/c1-5-7-8-9-10-16(29)32-15(21(6-2,30-4)12-31-14(3)28)11-27-13-24-17-18(23)25-20(22)26-19(17)27/h2,13,15H,5,7-12H2,1,3-4H3,(H2,23,25,26)/t15-,21?/m0/s1. The van der Waals surface area contributed by atoms with E-state index in [1.165, 1.54) is 24.9 Å². The molecule has 0 fully saturated rings. The molecular formula is C21H28FN5O5. The van der Waals surface area contributed by atoms with E-state index >= 15 is 0 Å². The minimum absolute atomic E-state index is 0.0912. The molecule has 1 unspecified atom stereocenters. The van der Waals surface area contributed by atoms with E-state index in [0.717, 1.165) is 19.3 Å². The number of aromatic nitrogens is 4. The van der Waals surface area contributed by atoms with Gasteiger partial charge in [0.15, 0.2) is 17.6 Å². The van der Waals surface area contributed by atoms with Gasteiger partial charge in [-0.25, -0.2) is 4.98 Å². The van der Waals surface area contributed by atoms with Crippen molar-refractivity contribution in [2.75, 3.05) is 19.5 Å². The van der Waals surface area contributed by atoms with Crippen LogP contribution in [0, 0.1) is 18.4 Å². The average Bonchev–Trinajstić information content (AvgIpc) is 3.15. The van der Waals surface area contributed by atoms with Crippen molar-refractivity contribution < 1.29 is 28.2 Å². The molecular weight excluding hydrogens is 421 g/mol. The normalized spacial score (nSPS) is 13.8. The van der Waals surface area contributed by atoms with Gasteiger partial charge in [-0.3, -0.25) is 9.59 Å². The molecule has 0 spiro atoms. The number of carbonyl (C=O) groups excluding carboxylic acids is 2. The fourth-order valence-corrected chi connectivity index (χ4v) is 3.13. The predicted octanol–water partition coefficient (Wildman–Crippen LogP) is 2.01. The van der Waals surface area contributed by atoms with Crippen molar-refractivity contribution >= 4 is 28.9 Å². The third-order valence-electron chi connectivity index (χ3n) is 4.95. The van der Waals surface area contributed by atoms with Crippen LogP contribution >= 0.6 is 0 Å². The molecule has 11 heteroatoms. The first-order valence-electron chi connectivity index (χ1n) is 10.3. The van der Waals surface area contributed by atoms with E-state index in [1.807, 2.05) is 0 Å². The molecule has 0 bridgehead atoms. The monoisotopic (exact) mass is 449 g/mol. The van der Waals surface area contributed by atoms with Crippen LogP contribution in [0.4, 0.5) is 10.2 Å². The molecule has 0 radical (unpaired) electrons. The van der Waals surface area contributed by atoms with Gasteiger partial charge in [0.05, 0.1) is 12.9 Å². The fraction of sp³-hybridized carbons (Fsp3) is 0.571. The lowest BCUT2D eigenvalue weighted by atomic mass is 9.97. The Labute approximate surface area is 185 Å². The molecule has 32 heavy (non-hydrogen) atoms. The number of rotatable bonds is 12. The minimum Gasteiger partial charge on any atom is -0.462 e. The molecule has 0 saturated carbocycles. The van der Waals surface area contributed by atoms with Crippen LogP contribution in [0.1, 0.15) is 46.0 Å². The fourth-order valence-electron chi connectivity index (χ4n) is 3.13. The Morgan fingerprint density at radius 1 is 1.34 bits per heavy atom. The van der Waals surface area contributed by atoms with Gasteiger partial charge in [0, 0.05) is 20.5 Å². The SMILES string of the molecule is C#CC(COC(C)=O)(OC)[C@H](Cn1cnc2c(N)nc(F)nc21)OC(=O)CCCCCC. The van der Waals surface area contributed by atoms with Crippen molar-refractivity contribution in [1.82, 2.24) is 19.5 Å². The van der Waals surface area contributed by atoms with Gasteiger partial charge in [0.25, 0.3) is 0 Å². The summed E-state index contributed by atoms with van der Waals surface area (Å²) in [6.45, 7) is 2.82. The number of hydrogen-bond acceptors (Lipinski definition) is 9. The van der Waals surface area contributed by atoms with Crippen molar-refractivity contribution in [3.8, 4) is 12.3 Å². The molecule has 0 aromatic carbocycles. The maximum absolute atomic E-state index is 13.7. The molecule has 2 heterocycles. The number of carbonyl (C=O) groups is 2. The molecule has 0 aliphatic carbocycles. The Hall–Kier alpha value is -3.26. The first-order valence-corrected chi connectivity index (χ1v) is 10.3. The number of nitrogen functional groups attached to an aromatic ring is 1. The number of anilines is 1. The maximum Gasteiger partial charge on any atom is 0.312 e. The lowest BCUT2D eigenvalue weighted by Crippen LogP contribution is -2.51. The Balaban J connectivity index is 2.36. The summed E-state index contributed by atoms with van der Waals surface area (Å²) in [4.78, 5) is 35.2. The number of halogens is 1. The number of nitrogens with zero attached hydrogens (tertiary/aromatic N) is 4. The maximum atomic E-state index is 13.7. The van der Waals surface area contributed by atoms with Crippen molar-refractivity contribution in [2.24, 2.45) is 0 Å². The summed E-state index contributed by atoms with van der Waals surface area (Å²) >= 11 is 0. The van der Waals surface area contributed by atoms with Gasteiger partial charge >= 0.3 is 18.0 Å². The van der Waals surface area contributed by atoms with Crippen LogP contribution in [0.15, 0.2) is 6.33 Å². The highest BCUT2D eigenvalue weighted by Crippen LogP contribution is 2.24. The molecule has 2 aromatic heterocycles. The summed E-state index contributed by atoms with van der Waals surface area (Å²) in [6, 6.07) is 0. The minimum atomic E-state index is -1.60. The zero-order valence-electron chi connectivity index (χ0n) is 18.5. The molecule has 2 N–H and O–H groups in total. The molecule has 2 aromatic rings.